The van der Waals surface area contributed by atoms with E-state index in [4.69, 9.17) is 0 Å². The first kappa shape index (κ1) is 14.0. The molecule has 0 aliphatic rings. The molecule has 1 rings (SSSR count). The molecule has 0 heterocycles. The summed E-state index contributed by atoms with van der Waals surface area (Å²) in [6.07, 6.45) is -3.44. The van der Waals surface area contributed by atoms with Gasteiger partial charge in [-0.1, -0.05) is 25.1 Å². The van der Waals surface area contributed by atoms with Gasteiger partial charge in [-0.25, -0.2) is 0 Å². The predicted molar refractivity (Wildman–Crippen MR) is 63.0 cm³/mol. The topological polar surface area (TPSA) is 12.0 Å². The maximum atomic E-state index is 12.5. The summed E-state index contributed by atoms with van der Waals surface area (Å²) in [5.74, 6) is 0.111. The fourth-order valence-electron chi connectivity index (χ4n) is 1.81. The van der Waals surface area contributed by atoms with Crippen LogP contribution >= 0.6 is 0 Å². The lowest BCUT2D eigenvalue weighted by molar-refractivity contribution is -0.137. The monoisotopic (exact) mass is 245 g/mol. The normalized spacial score (nSPS) is 15.6. The number of alkyl halides is 3. The van der Waals surface area contributed by atoms with Crippen molar-refractivity contribution < 1.29 is 13.2 Å². The van der Waals surface area contributed by atoms with Gasteiger partial charge in [-0.05, 0) is 37.9 Å². The van der Waals surface area contributed by atoms with Crippen molar-refractivity contribution in [2.24, 2.45) is 0 Å². The van der Waals surface area contributed by atoms with Crippen LogP contribution in [0.4, 0.5) is 13.2 Å². The van der Waals surface area contributed by atoms with E-state index in [1.807, 2.05) is 20.9 Å². The van der Waals surface area contributed by atoms with Gasteiger partial charge in [0.15, 0.2) is 0 Å². The molecule has 0 aromatic heterocycles. The Labute approximate surface area is 100 Å². The highest BCUT2D eigenvalue weighted by Crippen LogP contribution is 2.31. The minimum absolute atomic E-state index is 0.111. The maximum Gasteiger partial charge on any atom is 0.416 e. The number of nitrogens with one attached hydrogen (secondary N) is 1. The molecule has 0 saturated carbocycles. The van der Waals surface area contributed by atoms with Gasteiger partial charge >= 0.3 is 6.18 Å². The highest BCUT2D eigenvalue weighted by Gasteiger charge is 2.30. The lowest BCUT2D eigenvalue weighted by Crippen LogP contribution is -2.23. The van der Waals surface area contributed by atoms with E-state index in [9.17, 15) is 13.2 Å². The van der Waals surface area contributed by atoms with E-state index in [1.165, 1.54) is 12.1 Å². The summed E-state index contributed by atoms with van der Waals surface area (Å²) in [7, 11) is 1.85. The zero-order valence-electron chi connectivity index (χ0n) is 10.3. The Balaban J connectivity index is 2.84. The SMILES string of the molecule is CNC(C)CC(C)c1cccc(C(F)(F)F)c1. The summed E-state index contributed by atoms with van der Waals surface area (Å²) in [5, 5.41) is 3.09. The van der Waals surface area contributed by atoms with Crippen LogP contribution in [0.5, 0.6) is 0 Å². The Morgan fingerprint density at radius 3 is 2.41 bits per heavy atom. The molecule has 17 heavy (non-hydrogen) atoms. The largest absolute Gasteiger partial charge is 0.416 e. The molecule has 0 aliphatic carbocycles. The van der Waals surface area contributed by atoms with Crippen molar-refractivity contribution in [3.8, 4) is 0 Å². The van der Waals surface area contributed by atoms with Crippen molar-refractivity contribution >= 4 is 0 Å². The molecule has 0 radical (unpaired) electrons. The molecule has 0 bridgehead atoms. The van der Waals surface area contributed by atoms with Crippen LogP contribution in [0.2, 0.25) is 0 Å². The molecule has 2 unspecified atom stereocenters. The first-order valence-electron chi connectivity index (χ1n) is 5.69. The predicted octanol–water partition coefficient (Wildman–Crippen LogP) is 3.81. The second kappa shape index (κ2) is 5.54. The number of halogens is 3. The summed E-state index contributed by atoms with van der Waals surface area (Å²) in [6.45, 7) is 3.97. The van der Waals surface area contributed by atoms with Crippen LogP contribution in [0.15, 0.2) is 24.3 Å². The summed E-state index contributed by atoms with van der Waals surface area (Å²) in [4.78, 5) is 0. The van der Waals surface area contributed by atoms with E-state index >= 15 is 0 Å². The van der Waals surface area contributed by atoms with Gasteiger partial charge in [0.2, 0.25) is 0 Å². The van der Waals surface area contributed by atoms with Crippen LogP contribution in [0.3, 0.4) is 0 Å². The Bertz CT molecular complexity index is 360. The molecule has 0 saturated heterocycles. The highest BCUT2D eigenvalue weighted by molar-refractivity contribution is 5.28. The fraction of sp³-hybridized carbons (Fsp3) is 0.538. The van der Waals surface area contributed by atoms with Gasteiger partial charge in [0.25, 0.3) is 0 Å². The van der Waals surface area contributed by atoms with Gasteiger partial charge in [0, 0.05) is 6.04 Å². The third kappa shape index (κ3) is 4.04. The molecule has 0 aliphatic heterocycles. The van der Waals surface area contributed by atoms with Gasteiger partial charge < -0.3 is 5.32 Å². The number of rotatable bonds is 4. The summed E-state index contributed by atoms with van der Waals surface area (Å²) in [5.41, 5.74) is 0.167. The van der Waals surface area contributed by atoms with E-state index in [0.29, 0.717) is 6.04 Å². The minimum atomic E-state index is -4.26. The second-order valence-electron chi connectivity index (χ2n) is 4.45. The second-order valence-corrected chi connectivity index (χ2v) is 4.45. The minimum Gasteiger partial charge on any atom is -0.317 e. The molecule has 0 spiro atoms. The van der Waals surface area contributed by atoms with Crippen LogP contribution in [0, 0.1) is 0 Å². The molecule has 2 atom stereocenters. The highest BCUT2D eigenvalue weighted by atomic mass is 19.4. The molecular formula is C13H18F3N. The van der Waals surface area contributed by atoms with Crippen molar-refractivity contribution in [3.05, 3.63) is 35.4 Å². The van der Waals surface area contributed by atoms with Crippen LogP contribution in [-0.4, -0.2) is 13.1 Å². The third-order valence-corrected chi connectivity index (χ3v) is 2.98. The van der Waals surface area contributed by atoms with Crippen LogP contribution < -0.4 is 5.32 Å². The zero-order valence-corrected chi connectivity index (χ0v) is 10.3. The molecule has 1 aromatic carbocycles. The molecule has 1 aromatic rings. The van der Waals surface area contributed by atoms with Crippen molar-refractivity contribution in [2.75, 3.05) is 7.05 Å². The van der Waals surface area contributed by atoms with Gasteiger partial charge in [-0.2, -0.15) is 13.2 Å². The molecule has 1 nitrogen and oxygen atoms in total. The standard InChI is InChI=1S/C13H18F3N/c1-9(7-10(2)17-3)11-5-4-6-12(8-11)13(14,15)16/h4-6,8-10,17H,7H2,1-3H3. The summed E-state index contributed by atoms with van der Waals surface area (Å²) in [6, 6.07) is 5.87. The number of hydrogen-bond acceptors (Lipinski definition) is 1. The van der Waals surface area contributed by atoms with E-state index < -0.39 is 11.7 Å². The lowest BCUT2D eigenvalue weighted by atomic mass is 9.93. The summed E-state index contributed by atoms with van der Waals surface area (Å²) < 4.78 is 37.6. The summed E-state index contributed by atoms with van der Waals surface area (Å²) >= 11 is 0. The van der Waals surface area contributed by atoms with Crippen molar-refractivity contribution in [1.82, 2.24) is 5.32 Å². The van der Waals surface area contributed by atoms with Gasteiger partial charge in [0.1, 0.15) is 0 Å². The fourth-order valence-corrected chi connectivity index (χ4v) is 1.81. The zero-order chi connectivity index (χ0) is 13.1. The molecule has 96 valence electrons. The van der Waals surface area contributed by atoms with Crippen LogP contribution in [0.1, 0.15) is 37.3 Å². The third-order valence-electron chi connectivity index (χ3n) is 2.98. The average Bonchev–Trinajstić information content (AvgIpc) is 2.28. The quantitative estimate of drug-likeness (QED) is 0.850. The smallest absolute Gasteiger partial charge is 0.317 e. The van der Waals surface area contributed by atoms with E-state index in [0.717, 1.165) is 18.1 Å². The van der Waals surface area contributed by atoms with Gasteiger partial charge in [-0.15, -0.1) is 0 Å². The van der Waals surface area contributed by atoms with E-state index in [2.05, 4.69) is 5.32 Å². The molecule has 0 fully saturated rings. The molecule has 0 amide bonds. The van der Waals surface area contributed by atoms with Gasteiger partial charge in [0.05, 0.1) is 5.56 Å². The first-order valence-corrected chi connectivity index (χ1v) is 5.69. The van der Waals surface area contributed by atoms with Crippen molar-refractivity contribution in [3.63, 3.8) is 0 Å². The Morgan fingerprint density at radius 2 is 1.88 bits per heavy atom. The van der Waals surface area contributed by atoms with Crippen LogP contribution in [0.25, 0.3) is 0 Å². The van der Waals surface area contributed by atoms with Crippen molar-refractivity contribution in [2.45, 2.75) is 38.4 Å². The Morgan fingerprint density at radius 1 is 1.24 bits per heavy atom. The first-order chi connectivity index (χ1) is 7.84. The van der Waals surface area contributed by atoms with E-state index in [-0.39, 0.29) is 5.92 Å². The molecular weight excluding hydrogens is 227 g/mol. The Kier molecular flexibility index (Phi) is 4.57. The van der Waals surface area contributed by atoms with E-state index in [1.54, 1.807) is 6.07 Å². The van der Waals surface area contributed by atoms with Crippen molar-refractivity contribution in [1.29, 1.82) is 0 Å². The lowest BCUT2D eigenvalue weighted by Gasteiger charge is -2.18. The molecule has 4 heteroatoms. The maximum absolute atomic E-state index is 12.5. The molecule has 1 N–H and O–H groups in total. The Hall–Kier alpha value is -1.03. The van der Waals surface area contributed by atoms with Crippen LogP contribution in [-0.2, 0) is 6.18 Å². The number of benzene rings is 1. The van der Waals surface area contributed by atoms with Gasteiger partial charge in [-0.3, -0.25) is 0 Å². The average molecular weight is 245 g/mol. The number of hydrogen-bond donors (Lipinski definition) is 1.